The summed E-state index contributed by atoms with van der Waals surface area (Å²) in [6.45, 7) is 0. The van der Waals surface area contributed by atoms with E-state index in [1.54, 1.807) is 22.1 Å². The number of rotatable bonds is 3. The Hall–Kier alpha value is -3.04. The van der Waals surface area contributed by atoms with Crippen LogP contribution in [0.25, 0.3) is 16.1 Å². The van der Waals surface area contributed by atoms with Gasteiger partial charge in [0.25, 0.3) is 0 Å². The Balaban J connectivity index is 2.08. The second kappa shape index (κ2) is 5.99. The third-order valence-corrected chi connectivity index (χ3v) is 4.41. The Labute approximate surface area is 137 Å². The van der Waals surface area contributed by atoms with Crippen LogP contribution in [0, 0.1) is 11.3 Å². The van der Waals surface area contributed by atoms with Crippen LogP contribution in [-0.4, -0.2) is 17.6 Å². The largest absolute Gasteiger partial charge is 0.464 e. The zero-order valence-corrected chi connectivity index (χ0v) is 13.1. The number of anilines is 1. The van der Waals surface area contributed by atoms with Crippen LogP contribution in [-0.2, 0) is 4.74 Å². The quantitative estimate of drug-likeness (QED) is 0.749. The van der Waals surface area contributed by atoms with Crippen molar-refractivity contribution in [1.82, 2.24) is 4.57 Å². The highest BCUT2D eigenvalue weighted by Gasteiger charge is 2.21. The van der Waals surface area contributed by atoms with Crippen LogP contribution in [0.3, 0.4) is 0 Å². The molecule has 0 aliphatic rings. The molecule has 6 heteroatoms. The van der Waals surface area contributed by atoms with Gasteiger partial charge in [-0.2, -0.15) is 5.26 Å². The summed E-state index contributed by atoms with van der Waals surface area (Å²) < 4.78 is 6.35. The first-order chi connectivity index (χ1) is 11.2. The van der Waals surface area contributed by atoms with Crippen molar-refractivity contribution in [3.05, 3.63) is 59.2 Å². The minimum Gasteiger partial charge on any atom is -0.464 e. The van der Waals surface area contributed by atoms with Gasteiger partial charge in [0.1, 0.15) is 6.07 Å². The summed E-state index contributed by atoms with van der Waals surface area (Å²) in [4.78, 5) is 13.1. The maximum atomic E-state index is 12.0. The second-order valence-corrected chi connectivity index (χ2v) is 5.75. The molecule has 3 aromatic rings. The van der Waals surface area contributed by atoms with E-state index in [1.165, 1.54) is 7.11 Å². The summed E-state index contributed by atoms with van der Waals surface area (Å²) in [5.74, 6) is -0.577. The lowest BCUT2D eigenvalue weighted by atomic mass is 10.1. The molecule has 0 spiro atoms. The lowest BCUT2D eigenvalue weighted by molar-refractivity contribution is 0.0593. The molecule has 1 aromatic carbocycles. The molecule has 0 amide bonds. The average Bonchev–Trinajstić information content (AvgIpc) is 3.22. The van der Waals surface area contributed by atoms with E-state index in [0.29, 0.717) is 0 Å². The number of aromatic nitrogens is 1. The normalized spacial score (nSPS) is 10.3. The van der Waals surface area contributed by atoms with Gasteiger partial charge < -0.3 is 15.0 Å². The zero-order chi connectivity index (χ0) is 16.4. The fraction of sp³-hybridized carbons (Fsp3) is 0.0588. The van der Waals surface area contributed by atoms with Crippen molar-refractivity contribution >= 4 is 23.0 Å². The maximum Gasteiger partial charge on any atom is 0.357 e. The van der Waals surface area contributed by atoms with Gasteiger partial charge in [-0.1, -0.05) is 18.2 Å². The highest BCUT2D eigenvalue weighted by molar-refractivity contribution is 7.13. The topological polar surface area (TPSA) is 81.0 Å². The number of esters is 1. The average molecular weight is 323 g/mol. The van der Waals surface area contributed by atoms with Gasteiger partial charge in [0.2, 0.25) is 0 Å². The summed E-state index contributed by atoms with van der Waals surface area (Å²) in [5.41, 5.74) is 8.25. The number of thiophene rings is 1. The molecule has 0 saturated carbocycles. The van der Waals surface area contributed by atoms with E-state index >= 15 is 0 Å². The van der Waals surface area contributed by atoms with E-state index in [2.05, 4.69) is 0 Å². The molecule has 23 heavy (non-hydrogen) atoms. The zero-order valence-electron chi connectivity index (χ0n) is 12.3. The molecular weight excluding hydrogens is 310 g/mol. The van der Waals surface area contributed by atoms with Crippen molar-refractivity contribution in [3.8, 4) is 22.2 Å². The Morgan fingerprint density at radius 2 is 2.04 bits per heavy atom. The van der Waals surface area contributed by atoms with Crippen LogP contribution < -0.4 is 5.73 Å². The number of carbonyl (C=O) groups is 1. The highest BCUT2D eigenvalue weighted by atomic mass is 32.1. The molecule has 2 heterocycles. The number of ether oxygens (including phenoxy) is 1. The van der Waals surface area contributed by atoms with E-state index in [9.17, 15) is 4.79 Å². The molecule has 0 fully saturated rings. The molecule has 0 aliphatic carbocycles. The van der Waals surface area contributed by atoms with Crippen molar-refractivity contribution in [2.45, 2.75) is 0 Å². The molecule has 5 nitrogen and oxygen atoms in total. The summed E-state index contributed by atoms with van der Waals surface area (Å²) in [5, 5.41) is 11.2. The lowest BCUT2D eigenvalue weighted by Crippen LogP contribution is -2.11. The lowest BCUT2D eigenvalue weighted by Gasteiger charge is -2.09. The maximum absolute atomic E-state index is 12.0. The van der Waals surface area contributed by atoms with E-state index in [1.807, 2.05) is 47.8 Å². The summed E-state index contributed by atoms with van der Waals surface area (Å²) in [6.07, 6.45) is 1.54. The molecule has 0 atom stereocenters. The van der Waals surface area contributed by atoms with Gasteiger partial charge in [-0.15, -0.1) is 11.3 Å². The fourth-order valence-corrected chi connectivity index (χ4v) is 3.08. The van der Waals surface area contributed by atoms with Crippen LogP contribution in [0.4, 0.5) is 5.69 Å². The van der Waals surface area contributed by atoms with E-state index in [-0.39, 0.29) is 16.9 Å². The molecule has 0 saturated heterocycles. The molecule has 0 unspecified atom stereocenters. The van der Waals surface area contributed by atoms with Crippen LogP contribution in [0.15, 0.2) is 48.0 Å². The molecule has 0 aliphatic heterocycles. The monoisotopic (exact) mass is 323 g/mol. The third-order valence-electron chi connectivity index (χ3n) is 3.49. The molecular formula is C17H13N3O2S. The predicted molar refractivity (Wildman–Crippen MR) is 89.5 cm³/mol. The minimum atomic E-state index is -0.577. The number of hydrogen-bond acceptors (Lipinski definition) is 5. The van der Waals surface area contributed by atoms with Crippen molar-refractivity contribution < 1.29 is 9.53 Å². The fourth-order valence-electron chi connectivity index (χ4n) is 2.35. The van der Waals surface area contributed by atoms with Crippen LogP contribution in [0.2, 0.25) is 0 Å². The number of hydrogen-bond donors (Lipinski definition) is 1. The van der Waals surface area contributed by atoms with Crippen LogP contribution in [0.1, 0.15) is 16.1 Å². The van der Waals surface area contributed by atoms with Crippen molar-refractivity contribution in [2.75, 3.05) is 12.8 Å². The first kappa shape index (κ1) is 14.9. The Morgan fingerprint density at radius 1 is 1.30 bits per heavy atom. The molecule has 2 N–H and O–H groups in total. The second-order valence-electron chi connectivity index (χ2n) is 4.80. The Kier molecular flexibility index (Phi) is 3.87. The van der Waals surface area contributed by atoms with Gasteiger partial charge in [0, 0.05) is 16.8 Å². The first-order valence-electron chi connectivity index (χ1n) is 6.79. The van der Waals surface area contributed by atoms with Gasteiger partial charge in [0.15, 0.2) is 5.69 Å². The van der Waals surface area contributed by atoms with Crippen molar-refractivity contribution in [1.29, 1.82) is 5.26 Å². The Morgan fingerprint density at radius 3 is 2.61 bits per heavy atom. The smallest absolute Gasteiger partial charge is 0.357 e. The number of nitrogen functional groups attached to an aromatic ring is 1. The predicted octanol–water partition coefficient (Wildman–Crippen LogP) is 3.45. The Bertz CT molecular complexity index is 887. The van der Waals surface area contributed by atoms with Gasteiger partial charge in [-0.25, -0.2) is 4.79 Å². The summed E-state index contributed by atoms with van der Waals surface area (Å²) in [6, 6.07) is 13.7. The molecule has 2 aromatic heterocycles. The third kappa shape index (κ3) is 2.58. The van der Waals surface area contributed by atoms with Crippen LogP contribution in [0.5, 0.6) is 0 Å². The van der Waals surface area contributed by atoms with Crippen molar-refractivity contribution in [2.24, 2.45) is 0 Å². The minimum absolute atomic E-state index is 0.127. The van der Waals surface area contributed by atoms with E-state index in [4.69, 9.17) is 15.7 Å². The highest BCUT2D eigenvalue weighted by Crippen LogP contribution is 2.28. The van der Waals surface area contributed by atoms with Gasteiger partial charge >= 0.3 is 5.97 Å². The number of methoxy groups -OCH3 is 1. The molecule has 3 rings (SSSR count). The summed E-state index contributed by atoms with van der Waals surface area (Å²) >= 11 is 1.66. The first-order valence-corrected chi connectivity index (χ1v) is 7.67. The number of nitrogens with two attached hydrogens (primary N) is 1. The number of nitrogens with zero attached hydrogens (tertiary/aromatic N) is 2. The standard InChI is InChI=1S/C17H13N3O2S/c1-22-17(21)16-15(19)12(9-18)10-20(16)13-6-4-11(5-7-13)14-3-2-8-23-14/h2-8,10H,19H2,1H3. The molecule has 114 valence electrons. The van der Waals surface area contributed by atoms with Crippen LogP contribution >= 0.6 is 11.3 Å². The van der Waals surface area contributed by atoms with Gasteiger partial charge in [-0.3, -0.25) is 0 Å². The number of benzene rings is 1. The SMILES string of the molecule is COC(=O)c1c(N)c(C#N)cn1-c1ccc(-c2cccs2)cc1. The molecule has 0 bridgehead atoms. The van der Waals surface area contributed by atoms with Gasteiger partial charge in [-0.05, 0) is 29.1 Å². The van der Waals surface area contributed by atoms with E-state index in [0.717, 1.165) is 16.1 Å². The van der Waals surface area contributed by atoms with E-state index < -0.39 is 5.97 Å². The van der Waals surface area contributed by atoms with Crippen molar-refractivity contribution in [3.63, 3.8) is 0 Å². The van der Waals surface area contributed by atoms with Gasteiger partial charge in [0.05, 0.1) is 18.4 Å². The summed E-state index contributed by atoms with van der Waals surface area (Å²) in [7, 11) is 1.28. The number of nitriles is 1. The number of carbonyl (C=O) groups excluding carboxylic acids is 1. The molecule has 0 radical (unpaired) electrons.